The number of sulfone groups is 1. The number of rotatable bonds is 6. The molecule has 1 amide bonds. The molecule has 0 spiro atoms. The Morgan fingerprint density at radius 2 is 1.93 bits per heavy atom. The summed E-state index contributed by atoms with van der Waals surface area (Å²) in [6.45, 7) is 3.48. The van der Waals surface area contributed by atoms with Crippen LogP contribution in [0, 0.1) is 6.92 Å². The molecule has 0 aliphatic rings. The summed E-state index contributed by atoms with van der Waals surface area (Å²) < 4.78 is 30.7. The Labute approximate surface area is 156 Å². The van der Waals surface area contributed by atoms with Gasteiger partial charge in [-0.1, -0.05) is 24.2 Å². The Morgan fingerprint density at radius 1 is 1.22 bits per heavy atom. The van der Waals surface area contributed by atoms with Crippen molar-refractivity contribution in [2.24, 2.45) is 7.05 Å². The average molecular weight is 389 g/mol. The molecule has 0 aliphatic carbocycles. The van der Waals surface area contributed by atoms with Crippen molar-refractivity contribution in [3.05, 3.63) is 41.6 Å². The quantitative estimate of drug-likeness (QED) is 0.682. The van der Waals surface area contributed by atoms with E-state index in [1.165, 1.54) is 12.1 Å². The van der Waals surface area contributed by atoms with Gasteiger partial charge in [-0.05, 0) is 30.7 Å². The van der Waals surface area contributed by atoms with Gasteiger partial charge in [-0.3, -0.25) is 14.8 Å². The van der Waals surface area contributed by atoms with Gasteiger partial charge in [0, 0.05) is 12.7 Å². The number of nitrogens with one attached hydrogen (secondary N) is 1. The molecule has 2 heterocycles. The number of carbonyl (C=O) groups is 1. The molecule has 0 radical (unpaired) electrons. The number of nitrogens with zero attached hydrogens (tertiary/aromatic N) is 4. The Morgan fingerprint density at radius 3 is 2.52 bits per heavy atom. The van der Waals surface area contributed by atoms with Crippen LogP contribution >= 0.6 is 0 Å². The largest absolute Gasteiger partial charge is 0.401 e. The molecule has 9 nitrogen and oxygen atoms in total. The molecule has 1 aromatic carbocycles. The lowest BCUT2D eigenvalue weighted by Gasteiger charge is -2.04. The molecule has 3 aromatic rings. The fourth-order valence-electron chi connectivity index (χ4n) is 2.37. The minimum absolute atomic E-state index is 0.0245. The third kappa shape index (κ3) is 4.22. The van der Waals surface area contributed by atoms with Crippen LogP contribution in [-0.2, 0) is 28.1 Å². The second-order valence-electron chi connectivity index (χ2n) is 5.98. The summed E-state index contributed by atoms with van der Waals surface area (Å²) >= 11 is 0. The summed E-state index contributed by atoms with van der Waals surface area (Å²) in [5, 5.41) is 14.4. The zero-order valence-electron chi connectivity index (χ0n) is 15.1. The molecule has 2 aromatic heterocycles. The summed E-state index contributed by atoms with van der Waals surface area (Å²) in [7, 11) is -1.46. The van der Waals surface area contributed by atoms with Crippen molar-refractivity contribution in [1.29, 1.82) is 0 Å². The van der Waals surface area contributed by atoms with E-state index in [-0.39, 0.29) is 34.9 Å². The van der Waals surface area contributed by atoms with E-state index in [2.05, 4.69) is 20.6 Å². The summed E-state index contributed by atoms with van der Waals surface area (Å²) in [4.78, 5) is 12.4. The zero-order chi connectivity index (χ0) is 19.6. The van der Waals surface area contributed by atoms with Gasteiger partial charge in [0.1, 0.15) is 5.69 Å². The van der Waals surface area contributed by atoms with Crippen LogP contribution in [-0.4, -0.2) is 40.1 Å². The highest BCUT2D eigenvalue weighted by atomic mass is 32.2. The molecule has 0 fully saturated rings. The number of benzene rings is 1. The second-order valence-corrected chi connectivity index (χ2v) is 8.26. The van der Waals surface area contributed by atoms with Crippen LogP contribution in [0.15, 0.2) is 39.6 Å². The maximum absolute atomic E-state index is 12.1. The molecular formula is C17H19N5O4S. The number of anilines is 1. The first-order valence-corrected chi connectivity index (χ1v) is 9.90. The van der Waals surface area contributed by atoms with Gasteiger partial charge < -0.3 is 4.42 Å². The number of hydrogen-bond acceptors (Lipinski definition) is 7. The van der Waals surface area contributed by atoms with Gasteiger partial charge in [0.05, 0.1) is 17.1 Å². The van der Waals surface area contributed by atoms with E-state index in [4.69, 9.17) is 4.42 Å². The topological polar surface area (TPSA) is 120 Å². The monoisotopic (exact) mass is 389 g/mol. The van der Waals surface area contributed by atoms with E-state index in [1.54, 1.807) is 36.9 Å². The van der Waals surface area contributed by atoms with Crippen molar-refractivity contribution in [1.82, 2.24) is 20.0 Å². The summed E-state index contributed by atoms with van der Waals surface area (Å²) in [6.07, 6.45) is 0.0485. The minimum atomic E-state index is -3.26. The first-order valence-electron chi connectivity index (χ1n) is 8.24. The van der Waals surface area contributed by atoms with Gasteiger partial charge in [0.2, 0.25) is 5.91 Å². The first kappa shape index (κ1) is 18.8. The number of amides is 1. The molecule has 0 unspecified atom stereocenters. The molecule has 0 atom stereocenters. The Hall–Kier alpha value is -3.01. The van der Waals surface area contributed by atoms with E-state index >= 15 is 0 Å². The number of hydrogen-bond donors (Lipinski definition) is 1. The van der Waals surface area contributed by atoms with E-state index in [0.717, 1.165) is 5.69 Å². The van der Waals surface area contributed by atoms with E-state index in [1.807, 2.05) is 6.92 Å². The van der Waals surface area contributed by atoms with Gasteiger partial charge in [-0.25, -0.2) is 8.42 Å². The van der Waals surface area contributed by atoms with Gasteiger partial charge in [-0.2, -0.15) is 5.10 Å². The number of aryl methyl sites for hydroxylation is 2. The van der Waals surface area contributed by atoms with E-state index in [0.29, 0.717) is 11.3 Å². The van der Waals surface area contributed by atoms with Crippen molar-refractivity contribution in [3.8, 4) is 11.6 Å². The van der Waals surface area contributed by atoms with Crippen LogP contribution in [0.3, 0.4) is 0 Å². The van der Waals surface area contributed by atoms with Gasteiger partial charge >= 0.3 is 6.01 Å². The lowest BCUT2D eigenvalue weighted by molar-refractivity contribution is -0.115. The van der Waals surface area contributed by atoms with Crippen molar-refractivity contribution in [2.75, 3.05) is 11.1 Å². The van der Waals surface area contributed by atoms with Crippen LogP contribution in [0.5, 0.6) is 0 Å². The van der Waals surface area contributed by atoms with Gasteiger partial charge in [0.25, 0.3) is 5.89 Å². The highest BCUT2D eigenvalue weighted by Gasteiger charge is 2.15. The molecule has 0 saturated heterocycles. The predicted molar refractivity (Wildman–Crippen MR) is 97.7 cm³/mol. The molecule has 0 saturated carbocycles. The SMILES string of the molecule is CCS(=O)(=O)c1ccc(CC(=O)Nc2nnc(-c3cc(C)n(C)n3)o2)cc1. The maximum atomic E-state index is 12.1. The van der Waals surface area contributed by atoms with Crippen molar-refractivity contribution < 1.29 is 17.6 Å². The molecule has 10 heteroatoms. The highest BCUT2D eigenvalue weighted by molar-refractivity contribution is 7.91. The molecule has 27 heavy (non-hydrogen) atoms. The summed E-state index contributed by atoms with van der Waals surface area (Å²) in [6, 6.07) is 7.98. The molecule has 0 aliphatic heterocycles. The van der Waals surface area contributed by atoms with Crippen molar-refractivity contribution >= 4 is 21.8 Å². The molecular weight excluding hydrogens is 370 g/mol. The second kappa shape index (κ2) is 7.31. The predicted octanol–water partition coefficient (Wildman–Crippen LogP) is 1.75. The van der Waals surface area contributed by atoms with Crippen molar-refractivity contribution in [2.45, 2.75) is 25.2 Å². The van der Waals surface area contributed by atoms with Gasteiger partial charge in [0.15, 0.2) is 9.84 Å². The fraction of sp³-hybridized carbons (Fsp3) is 0.294. The number of aromatic nitrogens is 4. The molecule has 1 N–H and O–H groups in total. The molecule has 0 bridgehead atoms. The molecule has 3 rings (SSSR count). The minimum Gasteiger partial charge on any atom is -0.401 e. The third-order valence-electron chi connectivity index (χ3n) is 4.03. The van der Waals surface area contributed by atoms with Crippen LogP contribution in [0.4, 0.5) is 6.01 Å². The van der Waals surface area contributed by atoms with E-state index in [9.17, 15) is 13.2 Å². The first-order chi connectivity index (χ1) is 12.8. The maximum Gasteiger partial charge on any atom is 0.322 e. The summed E-state index contributed by atoms with van der Waals surface area (Å²) in [5.41, 5.74) is 2.13. The van der Waals surface area contributed by atoms with Crippen molar-refractivity contribution in [3.63, 3.8) is 0 Å². The fourth-order valence-corrected chi connectivity index (χ4v) is 3.26. The lowest BCUT2D eigenvalue weighted by Crippen LogP contribution is -2.14. The van der Waals surface area contributed by atoms with Crippen LogP contribution in [0.2, 0.25) is 0 Å². The van der Waals surface area contributed by atoms with E-state index < -0.39 is 9.84 Å². The normalized spacial score (nSPS) is 11.5. The Bertz CT molecular complexity index is 1050. The Balaban J connectivity index is 1.64. The molecule has 142 valence electrons. The lowest BCUT2D eigenvalue weighted by atomic mass is 10.1. The van der Waals surface area contributed by atoms with Crippen LogP contribution in [0.25, 0.3) is 11.6 Å². The smallest absolute Gasteiger partial charge is 0.322 e. The van der Waals surface area contributed by atoms with Crippen LogP contribution < -0.4 is 5.32 Å². The van der Waals surface area contributed by atoms with Crippen LogP contribution in [0.1, 0.15) is 18.2 Å². The standard InChI is InChI=1S/C17H19N5O4S/c1-4-27(24,25)13-7-5-12(6-8-13)10-15(23)18-17-20-19-16(26-17)14-9-11(2)22(3)21-14/h5-9H,4,10H2,1-3H3,(H,18,20,23). The zero-order valence-corrected chi connectivity index (χ0v) is 15.9. The highest BCUT2D eigenvalue weighted by Crippen LogP contribution is 2.19. The average Bonchev–Trinajstić information content (AvgIpc) is 3.22. The van der Waals surface area contributed by atoms with Gasteiger partial charge in [-0.15, -0.1) is 5.10 Å². The third-order valence-corrected chi connectivity index (χ3v) is 5.78. The summed E-state index contributed by atoms with van der Waals surface area (Å²) in [5.74, 6) is -0.112. The Kier molecular flexibility index (Phi) is 5.08. The number of carbonyl (C=O) groups excluding carboxylic acids is 1.